The molecule has 0 spiro atoms. The number of hydrogen-bond donors (Lipinski definition) is 0. The molecule has 1 aromatic heterocycles. The normalized spacial score (nSPS) is 7.05. The van der Waals surface area contributed by atoms with Crippen molar-refractivity contribution in [3.05, 3.63) is 42.3 Å². The van der Waals surface area contributed by atoms with Crippen molar-refractivity contribution in [2.75, 3.05) is 7.18 Å². The Balaban J connectivity index is -0.000000121. The van der Waals surface area contributed by atoms with Crippen LogP contribution in [0, 0.1) is 20.8 Å². The number of hydrogen-bond acceptors (Lipinski definition) is 0. The monoisotopic (exact) mass is 271 g/mol. The van der Waals surface area contributed by atoms with Crippen LogP contribution in [0.5, 0.6) is 0 Å². The van der Waals surface area contributed by atoms with Crippen LogP contribution in [0.15, 0.2) is 19.7 Å². The van der Waals surface area contributed by atoms with Crippen LogP contribution >= 0.6 is 0 Å². The highest BCUT2D eigenvalue weighted by molar-refractivity contribution is 5.53. The van der Waals surface area contributed by atoms with Crippen LogP contribution in [0.25, 0.3) is 6.08 Å². The predicted octanol–water partition coefficient (Wildman–Crippen LogP) is 6.03. The second-order valence-corrected chi connectivity index (χ2v) is 2.98. The molecule has 0 amide bonds. The molecule has 114 valence electrons. The lowest BCUT2D eigenvalue weighted by molar-refractivity contribution is 0.636. The summed E-state index contributed by atoms with van der Waals surface area (Å²) in [5.41, 5.74) is 5.29. The number of nitrogens with zero attached hydrogens (tertiary/aromatic N) is 1. The van der Waals surface area contributed by atoms with Gasteiger partial charge in [-0.3, -0.25) is 4.39 Å². The molecule has 1 aromatic rings. The van der Waals surface area contributed by atoms with E-state index in [2.05, 4.69) is 52.1 Å². The fraction of sp³-hybridized carbons (Fsp3) is 0.529. The molecule has 0 N–H and O–H groups in total. The molecule has 19 heavy (non-hydrogen) atoms. The summed E-state index contributed by atoms with van der Waals surface area (Å²) in [7, 11) is 2.58. The van der Waals surface area contributed by atoms with Gasteiger partial charge < -0.3 is 4.57 Å². The zero-order valence-electron chi connectivity index (χ0n) is 14.5. The number of halogens is 1. The summed E-state index contributed by atoms with van der Waals surface area (Å²) in [6.45, 7) is 24.2. The Hall–Kier alpha value is -1.31. The average Bonchev–Trinajstić information content (AvgIpc) is 2.71. The van der Waals surface area contributed by atoms with Gasteiger partial charge in [0.1, 0.15) is 0 Å². The molecule has 0 aliphatic heterocycles. The smallest absolute Gasteiger partial charge is 0.0785 e. The fourth-order valence-corrected chi connectivity index (χ4v) is 1.44. The highest BCUT2D eigenvalue weighted by atomic mass is 19.1. The molecule has 0 radical (unpaired) electrons. The summed E-state index contributed by atoms with van der Waals surface area (Å²) >= 11 is 0. The van der Waals surface area contributed by atoms with Gasteiger partial charge in [0.15, 0.2) is 0 Å². The first-order valence-electron chi connectivity index (χ1n) is 6.72. The zero-order valence-corrected chi connectivity index (χ0v) is 14.5. The summed E-state index contributed by atoms with van der Waals surface area (Å²) in [5, 5.41) is 0. The number of aromatic nitrogens is 1. The third kappa shape index (κ3) is 8.41. The van der Waals surface area contributed by atoms with E-state index in [0.717, 1.165) is 0 Å². The summed E-state index contributed by atoms with van der Waals surface area (Å²) in [5.74, 6) is 0. The lowest BCUT2D eigenvalue weighted by Gasteiger charge is -1.99. The third-order valence-corrected chi connectivity index (χ3v) is 2.55. The molecule has 1 heterocycles. The Morgan fingerprint density at radius 3 is 1.32 bits per heavy atom. The molecule has 0 aromatic carbocycles. The minimum atomic E-state index is 0.500. The maximum Gasteiger partial charge on any atom is 0.0785 e. The van der Waals surface area contributed by atoms with Crippen LogP contribution in [0.2, 0.25) is 0 Å². The molecule has 0 atom stereocenters. The van der Waals surface area contributed by atoms with Crippen molar-refractivity contribution in [2.45, 2.75) is 48.5 Å². The van der Waals surface area contributed by atoms with Crippen molar-refractivity contribution in [3.8, 4) is 0 Å². The topological polar surface area (TPSA) is 4.93 Å². The Bertz CT molecular complexity index is 286. The molecule has 2 heteroatoms. The third-order valence-electron chi connectivity index (χ3n) is 2.55. The standard InChI is InChI=1S/C10H15N.2C2H6.C2H4.CH3F/c1-6-10-8(3)7(2)9(4)11(10)5;4*1-2/h6H,1H2,2-5H3;2*1-2H3;1-2H2;1H3. The second-order valence-electron chi connectivity index (χ2n) is 2.98. The van der Waals surface area contributed by atoms with Gasteiger partial charge in [-0.15, -0.1) is 13.2 Å². The SMILES string of the molecule is C=C.C=Cc1c(C)c(C)c(C)n1C.CC.CC.CF. The quantitative estimate of drug-likeness (QED) is 0.549. The van der Waals surface area contributed by atoms with E-state index in [0.29, 0.717) is 7.18 Å². The van der Waals surface area contributed by atoms with Gasteiger partial charge in [0.05, 0.1) is 7.18 Å². The van der Waals surface area contributed by atoms with Crippen molar-refractivity contribution in [1.29, 1.82) is 0 Å². The first-order chi connectivity index (χ1) is 9.09. The molecule has 0 fully saturated rings. The Morgan fingerprint density at radius 2 is 1.21 bits per heavy atom. The fourth-order valence-electron chi connectivity index (χ4n) is 1.44. The highest BCUT2D eigenvalue weighted by Crippen LogP contribution is 2.20. The van der Waals surface area contributed by atoms with Gasteiger partial charge >= 0.3 is 0 Å². The van der Waals surface area contributed by atoms with Gasteiger partial charge in [0.2, 0.25) is 0 Å². The van der Waals surface area contributed by atoms with E-state index in [9.17, 15) is 4.39 Å². The van der Waals surface area contributed by atoms with Crippen LogP contribution in [0.4, 0.5) is 4.39 Å². The van der Waals surface area contributed by atoms with Gasteiger partial charge in [-0.2, -0.15) is 0 Å². The molecule has 1 nitrogen and oxygen atoms in total. The Morgan fingerprint density at radius 1 is 0.895 bits per heavy atom. The summed E-state index contributed by atoms with van der Waals surface area (Å²) in [4.78, 5) is 0. The van der Waals surface area contributed by atoms with Crippen molar-refractivity contribution >= 4 is 6.08 Å². The van der Waals surface area contributed by atoms with E-state index >= 15 is 0 Å². The highest BCUT2D eigenvalue weighted by Gasteiger charge is 2.07. The van der Waals surface area contributed by atoms with Crippen LogP contribution in [-0.4, -0.2) is 11.7 Å². The minimum Gasteiger partial charge on any atom is -0.348 e. The van der Waals surface area contributed by atoms with Crippen molar-refractivity contribution in [3.63, 3.8) is 0 Å². The van der Waals surface area contributed by atoms with Crippen molar-refractivity contribution in [1.82, 2.24) is 4.57 Å². The van der Waals surface area contributed by atoms with E-state index in [-0.39, 0.29) is 0 Å². The molecular weight excluding hydrogens is 237 g/mol. The Labute approximate surface area is 120 Å². The Kier molecular flexibility index (Phi) is 26.3. The van der Waals surface area contributed by atoms with Crippen molar-refractivity contribution in [2.24, 2.45) is 7.05 Å². The lowest BCUT2D eigenvalue weighted by Crippen LogP contribution is -1.93. The van der Waals surface area contributed by atoms with Crippen LogP contribution < -0.4 is 0 Å². The predicted molar refractivity (Wildman–Crippen MR) is 90.7 cm³/mol. The zero-order chi connectivity index (χ0) is 16.6. The summed E-state index contributed by atoms with van der Waals surface area (Å²) < 4.78 is 11.7. The first-order valence-corrected chi connectivity index (χ1v) is 6.72. The second kappa shape index (κ2) is 19.0. The van der Waals surface area contributed by atoms with Crippen molar-refractivity contribution < 1.29 is 4.39 Å². The van der Waals surface area contributed by atoms with Crippen LogP contribution in [0.1, 0.15) is 50.2 Å². The number of alkyl halides is 1. The van der Waals surface area contributed by atoms with Gasteiger partial charge in [-0.25, -0.2) is 0 Å². The molecule has 0 saturated carbocycles. The van der Waals surface area contributed by atoms with Gasteiger partial charge in [0.25, 0.3) is 0 Å². The molecule has 0 saturated heterocycles. The number of rotatable bonds is 1. The van der Waals surface area contributed by atoms with E-state index in [1.807, 2.05) is 33.8 Å². The van der Waals surface area contributed by atoms with Gasteiger partial charge in [0, 0.05) is 18.4 Å². The molecule has 0 bridgehead atoms. The average molecular weight is 271 g/mol. The maximum atomic E-state index is 9.50. The molecule has 1 rings (SSSR count). The largest absolute Gasteiger partial charge is 0.348 e. The van der Waals surface area contributed by atoms with E-state index in [1.54, 1.807) is 0 Å². The maximum absolute atomic E-state index is 9.50. The first kappa shape index (κ1) is 26.3. The molecule has 0 unspecified atom stereocenters. The lowest BCUT2D eigenvalue weighted by atomic mass is 10.1. The van der Waals surface area contributed by atoms with E-state index in [4.69, 9.17) is 0 Å². The van der Waals surface area contributed by atoms with Gasteiger partial charge in [-0.1, -0.05) is 34.3 Å². The molecule has 0 aliphatic rings. The van der Waals surface area contributed by atoms with Gasteiger partial charge in [-0.05, 0) is 38.0 Å². The van der Waals surface area contributed by atoms with Crippen LogP contribution in [-0.2, 0) is 7.05 Å². The summed E-state index contributed by atoms with van der Waals surface area (Å²) in [6, 6.07) is 0. The van der Waals surface area contributed by atoms with Crippen LogP contribution in [0.3, 0.4) is 0 Å². The molecular formula is C17H34FN. The molecule has 0 aliphatic carbocycles. The minimum absolute atomic E-state index is 0.500. The summed E-state index contributed by atoms with van der Waals surface area (Å²) in [6.07, 6.45) is 1.91. The van der Waals surface area contributed by atoms with E-state index < -0.39 is 0 Å². The van der Waals surface area contributed by atoms with E-state index in [1.165, 1.54) is 22.5 Å².